The van der Waals surface area contributed by atoms with E-state index in [1.807, 2.05) is 14.0 Å². The summed E-state index contributed by atoms with van der Waals surface area (Å²) in [4.78, 5) is 0. The molecule has 0 aromatic carbocycles. The molecule has 0 saturated heterocycles. The summed E-state index contributed by atoms with van der Waals surface area (Å²) in [6.07, 6.45) is 2.40. The second kappa shape index (κ2) is 7.78. The number of likely N-dealkylation sites (N-methyl/N-ethyl adjacent to an activating group) is 1. The van der Waals surface area contributed by atoms with Crippen LogP contribution >= 0.6 is 0 Å². The average Bonchev–Trinajstić information content (AvgIpc) is 2.25. The lowest BCUT2D eigenvalue weighted by molar-refractivity contribution is 0.382. The Balaban J connectivity index is 4.43. The molecule has 0 bridgehead atoms. The third-order valence-corrected chi connectivity index (χ3v) is 4.34. The van der Waals surface area contributed by atoms with E-state index >= 15 is 0 Å². The maximum absolute atomic E-state index is 12.0. The summed E-state index contributed by atoms with van der Waals surface area (Å²) < 4.78 is 26.8. The summed E-state index contributed by atoms with van der Waals surface area (Å²) in [6.45, 7) is 7.54. The van der Waals surface area contributed by atoms with Gasteiger partial charge >= 0.3 is 0 Å². The highest BCUT2D eigenvalue weighted by Gasteiger charge is 2.23. The number of rotatable bonds is 9. The molecule has 0 atom stereocenters. The van der Waals surface area contributed by atoms with Gasteiger partial charge in [-0.25, -0.2) is 0 Å². The maximum atomic E-state index is 12.0. The molecule has 0 aliphatic rings. The molecule has 0 spiro atoms. The minimum Gasteiger partial charge on any atom is -0.320 e. The van der Waals surface area contributed by atoms with Gasteiger partial charge in [0.25, 0.3) is 10.2 Å². The first kappa shape index (κ1) is 15.6. The summed E-state index contributed by atoms with van der Waals surface area (Å²) >= 11 is 0. The Kier molecular flexibility index (Phi) is 7.57. The largest absolute Gasteiger partial charge is 0.320 e. The van der Waals surface area contributed by atoms with E-state index in [1.165, 1.54) is 8.61 Å². The molecule has 6 heteroatoms. The molecule has 0 amide bonds. The summed E-state index contributed by atoms with van der Waals surface area (Å²) in [7, 11) is 0.134. The van der Waals surface area contributed by atoms with Crippen molar-refractivity contribution in [3.8, 4) is 0 Å². The van der Waals surface area contributed by atoms with E-state index < -0.39 is 10.2 Å². The van der Waals surface area contributed by atoms with E-state index in [0.717, 1.165) is 13.0 Å². The Morgan fingerprint density at radius 3 is 2.50 bits per heavy atom. The third kappa shape index (κ3) is 4.61. The number of hydrogen-bond donors (Lipinski definition) is 1. The van der Waals surface area contributed by atoms with Crippen LogP contribution in [0.4, 0.5) is 0 Å². The third-order valence-electron chi connectivity index (χ3n) is 2.31. The van der Waals surface area contributed by atoms with E-state index in [4.69, 9.17) is 0 Å². The van der Waals surface area contributed by atoms with Gasteiger partial charge in [-0.1, -0.05) is 13.0 Å². The van der Waals surface area contributed by atoms with Crippen molar-refractivity contribution in [2.24, 2.45) is 0 Å². The SMILES string of the molecule is C=CCN(CC)S(=O)(=O)N(C)CCCNC. The smallest absolute Gasteiger partial charge is 0.281 e. The van der Waals surface area contributed by atoms with Gasteiger partial charge in [0.1, 0.15) is 0 Å². The molecular formula is C10H23N3O2S. The average molecular weight is 249 g/mol. The van der Waals surface area contributed by atoms with Gasteiger partial charge < -0.3 is 5.32 Å². The predicted octanol–water partition coefficient (Wildman–Crippen LogP) is 0.280. The van der Waals surface area contributed by atoms with Crippen LogP contribution in [0.3, 0.4) is 0 Å². The molecule has 0 radical (unpaired) electrons. The van der Waals surface area contributed by atoms with Crippen molar-refractivity contribution >= 4 is 10.2 Å². The Morgan fingerprint density at radius 2 is 2.06 bits per heavy atom. The molecule has 16 heavy (non-hydrogen) atoms. The van der Waals surface area contributed by atoms with Crippen LogP contribution < -0.4 is 5.32 Å². The van der Waals surface area contributed by atoms with E-state index in [2.05, 4.69) is 11.9 Å². The molecule has 0 fully saturated rings. The molecule has 0 saturated carbocycles. The highest BCUT2D eigenvalue weighted by molar-refractivity contribution is 7.86. The lowest BCUT2D eigenvalue weighted by Crippen LogP contribution is -2.42. The molecule has 5 nitrogen and oxygen atoms in total. The second-order valence-corrected chi connectivity index (χ2v) is 5.56. The molecule has 0 unspecified atom stereocenters. The number of nitrogens with zero attached hydrogens (tertiary/aromatic N) is 2. The number of nitrogens with one attached hydrogen (secondary N) is 1. The first-order chi connectivity index (χ1) is 7.50. The normalized spacial score (nSPS) is 12.3. The fraction of sp³-hybridized carbons (Fsp3) is 0.800. The van der Waals surface area contributed by atoms with Gasteiger partial charge in [0, 0.05) is 26.7 Å². The summed E-state index contributed by atoms with van der Waals surface area (Å²) in [6, 6.07) is 0. The first-order valence-corrected chi connectivity index (χ1v) is 6.87. The Hall–Kier alpha value is -0.430. The Labute approximate surface area is 99.3 Å². The Morgan fingerprint density at radius 1 is 1.44 bits per heavy atom. The minimum atomic E-state index is -3.33. The van der Waals surface area contributed by atoms with Gasteiger partial charge in [0.05, 0.1) is 0 Å². The van der Waals surface area contributed by atoms with Gasteiger partial charge in [-0.15, -0.1) is 6.58 Å². The zero-order valence-corrected chi connectivity index (χ0v) is 11.3. The van der Waals surface area contributed by atoms with Crippen LogP contribution in [0.2, 0.25) is 0 Å². The highest BCUT2D eigenvalue weighted by Crippen LogP contribution is 2.06. The van der Waals surface area contributed by atoms with Gasteiger partial charge in [-0.2, -0.15) is 17.0 Å². The zero-order valence-electron chi connectivity index (χ0n) is 10.4. The molecule has 0 aromatic heterocycles. The van der Waals surface area contributed by atoms with Crippen molar-refractivity contribution in [2.75, 3.05) is 40.3 Å². The summed E-state index contributed by atoms with van der Waals surface area (Å²) in [5.41, 5.74) is 0. The van der Waals surface area contributed by atoms with Crippen molar-refractivity contribution in [1.82, 2.24) is 13.9 Å². The number of hydrogen-bond acceptors (Lipinski definition) is 3. The fourth-order valence-corrected chi connectivity index (χ4v) is 2.70. The van der Waals surface area contributed by atoms with Crippen molar-refractivity contribution in [2.45, 2.75) is 13.3 Å². The topological polar surface area (TPSA) is 52.7 Å². The molecular weight excluding hydrogens is 226 g/mol. The molecule has 96 valence electrons. The van der Waals surface area contributed by atoms with Crippen molar-refractivity contribution < 1.29 is 8.42 Å². The first-order valence-electron chi connectivity index (χ1n) is 5.47. The zero-order chi connectivity index (χ0) is 12.6. The van der Waals surface area contributed by atoms with Crippen molar-refractivity contribution in [3.05, 3.63) is 12.7 Å². The predicted molar refractivity (Wildman–Crippen MR) is 67.5 cm³/mol. The van der Waals surface area contributed by atoms with Crippen LogP contribution in [0.25, 0.3) is 0 Å². The van der Waals surface area contributed by atoms with Crippen LogP contribution in [0.5, 0.6) is 0 Å². The Bertz CT molecular complexity index is 290. The van der Waals surface area contributed by atoms with Crippen LogP contribution in [-0.2, 0) is 10.2 Å². The quantitative estimate of drug-likeness (QED) is 0.472. The van der Waals surface area contributed by atoms with Gasteiger partial charge in [0.2, 0.25) is 0 Å². The fourth-order valence-electron chi connectivity index (χ4n) is 1.32. The van der Waals surface area contributed by atoms with Gasteiger partial charge in [-0.3, -0.25) is 0 Å². The van der Waals surface area contributed by atoms with E-state index in [0.29, 0.717) is 19.6 Å². The van der Waals surface area contributed by atoms with Crippen LogP contribution in [0.1, 0.15) is 13.3 Å². The lowest BCUT2D eigenvalue weighted by atomic mass is 10.4. The molecule has 1 N–H and O–H groups in total. The van der Waals surface area contributed by atoms with Crippen molar-refractivity contribution in [3.63, 3.8) is 0 Å². The highest BCUT2D eigenvalue weighted by atomic mass is 32.2. The van der Waals surface area contributed by atoms with E-state index in [1.54, 1.807) is 13.1 Å². The molecule has 0 aliphatic carbocycles. The van der Waals surface area contributed by atoms with Crippen LogP contribution in [0.15, 0.2) is 12.7 Å². The molecule has 0 heterocycles. The monoisotopic (exact) mass is 249 g/mol. The van der Waals surface area contributed by atoms with Crippen molar-refractivity contribution in [1.29, 1.82) is 0 Å². The van der Waals surface area contributed by atoms with Gasteiger partial charge in [-0.05, 0) is 20.0 Å². The van der Waals surface area contributed by atoms with E-state index in [9.17, 15) is 8.42 Å². The minimum absolute atomic E-state index is 0.356. The summed E-state index contributed by atoms with van der Waals surface area (Å²) in [5, 5.41) is 2.99. The lowest BCUT2D eigenvalue weighted by Gasteiger charge is -2.25. The molecule has 0 aromatic rings. The van der Waals surface area contributed by atoms with Crippen LogP contribution in [-0.4, -0.2) is 57.3 Å². The van der Waals surface area contributed by atoms with E-state index in [-0.39, 0.29) is 0 Å². The van der Waals surface area contributed by atoms with Gasteiger partial charge in [0.15, 0.2) is 0 Å². The second-order valence-electron chi connectivity index (χ2n) is 3.53. The maximum Gasteiger partial charge on any atom is 0.281 e. The molecule has 0 aliphatic heterocycles. The molecule has 0 rings (SSSR count). The summed E-state index contributed by atoms with van der Waals surface area (Å²) in [5.74, 6) is 0. The van der Waals surface area contributed by atoms with Crippen LogP contribution in [0, 0.1) is 0 Å². The standard InChI is InChI=1S/C10H23N3O2S/c1-5-9-13(6-2)16(14,15)12(4)10-7-8-11-3/h5,11H,1,6-10H2,2-4H3.